The van der Waals surface area contributed by atoms with Gasteiger partial charge in [-0.1, -0.05) is 59.5 Å². The van der Waals surface area contributed by atoms with E-state index in [2.05, 4.69) is 15.4 Å². The quantitative estimate of drug-likeness (QED) is 0.106. The van der Waals surface area contributed by atoms with Crippen molar-refractivity contribution >= 4 is 38.2 Å². The third-order valence-corrected chi connectivity index (χ3v) is 8.61. The van der Waals surface area contributed by atoms with Crippen molar-refractivity contribution in [1.29, 1.82) is 0 Å². The van der Waals surface area contributed by atoms with Gasteiger partial charge in [0.2, 0.25) is 0 Å². The van der Waals surface area contributed by atoms with Gasteiger partial charge < -0.3 is 25.3 Å². The van der Waals surface area contributed by atoms with Crippen LogP contribution in [0.4, 0.5) is 15.0 Å². The number of aromatic nitrogens is 2. The Bertz CT molecular complexity index is 1390. The molecule has 1 aromatic heterocycles. The first kappa shape index (κ1) is 40.8. The van der Waals surface area contributed by atoms with Crippen molar-refractivity contribution in [2.24, 2.45) is 23.2 Å². The Morgan fingerprint density at radius 1 is 1.12 bits per heavy atom. The second-order valence-corrected chi connectivity index (χ2v) is 14.9. The van der Waals surface area contributed by atoms with Gasteiger partial charge in [0.05, 0.1) is 18.2 Å². The predicted octanol–water partition coefficient (Wildman–Crippen LogP) is 4.95. The zero-order chi connectivity index (χ0) is 36.4. The molecule has 1 saturated carbocycles. The molecule has 270 valence electrons. The minimum atomic E-state index is -2.61. The van der Waals surface area contributed by atoms with E-state index >= 15 is 0 Å². The Kier molecular flexibility index (Phi) is 15.1. The highest BCUT2D eigenvalue weighted by molar-refractivity contribution is 7.36. The van der Waals surface area contributed by atoms with Crippen LogP contribution in [0.1, 0.15) is 88.0 Å². The van der Waals surface area contributed by atoms with Crippen molar-refractivity contribution in [3.05, 3.63) is 28.1 Å². The van der Waals surface area contributed by atoms with Crippen LogP contribution in [0.5, 0.6) is 0 Å². The summed E-state index contributed by atoms with van der Waals surface area (Å²) in [6.45, 7) is 16.1. The van der Waals surface area contributed by atoms with Gasteiger partial charge >= 0.3 is 31.9 Å². The lowest BCUT2D eigenvalue weighted by Crippen LogP contribution is -2.47. The Morgan fingerprint density at radius 3 is 2.33 bits per heavy atom. The lowest BCUT2D eigenvalue weighted by atomic mass is 10.0. The molecule has 0 spiro atoms. The largest absolute Gasteiger partial charge is 0.613 e. The van der Waals surface area contributed by atoms with Gasteiger partial charge in [-0.2, -0.15) is 4.98 Å². The van der Waals surface area contributed by atoms with Crippen LogP contribution in [0.3, 0.4) is 0 Å². The Hall–Kier alpha value is -3.42. The number of alkyl carbamates (subject to hydrolysis) is 1. The molecular formula is C32H52FN5O9P+. The fourth-order valence-electron chi connectivity index (χ4n) is 4.63. The normalized spacial score (nSPS) is 18.5. The molecule has 0 radical (unpaired) electrons. The monoisotopic (exact) mass is 700 g/mol. The van der Waals surface area contributed by atoms with Crippen LogP contribution in [0.2, 0.25) is 0 Å². The maximum absolute atomic E-state index is 14.1. The fourth-order valence-corrected chi connectivity index (χ4v) is 5.53. The van der Waals surface area contributed by atoms with E-state index in [1.54, 1.807) is 34.6 Å². The van der Waals surface area contributed by atoms with Gasteiger partial charge in [0.1, 0.15) is 24.9 Å². The summed E-state index contributed by atoms with van der Waals surface area (Å²) < 4.78 is 50.2. The number of ether oxygens (including phenoxy) is 3. The van der Waals surface area contributed by atoms with Gasteiger partial charge in [0, 0.05) is 6.20 Å². The summed E-state index contributed by atoms with van der Waals surface area (Å²) >= 11 is 0. The van der Waals surface area contributed by atoms with Crippen molar-refractivity contribution in [1.82, 2.24) is 20.0 Å². The molecule has 1 amide bonds. The van der Waals surface area contributed by atoms with E-state index in [0.717, 1.165) is 23.6 Å². The first-order valence-corrected chi connectivity index (χ1v) is 17.4. The standard InChI is InChI=1S/C32H51FN5O9P/c1-10-21(11-2)16-44-27(39)24(12-19(3)4)37-48(43)46-18-32(13-22(32)14-38-15-23(33)26(34)36-29(38)41)17-45-28(40)25(20(5)6)35-30(42)47-31(7,8)9/h14-15,19-21,24-25H,10-13,16-18H2,1-9H3,(H3-,34,35,36,37,41,42,43)/p+1/b22-14-/t24-,25-,32-/m0/s1. The van der Waals surface area contributed by atoms with Gasteiger partial charge in [-0.05, 0) is 61.5 Å². The lowest BCUT2D eigenvalue weighted by molar-refractivity contribution is -0.149. The van der Waals surface area contributed by atoms with Crippen molar-refractivity contribution in [3.8, 4) is 0 Å². The number of rotatable bonds is 18. The summed E-state index contributed by atoms with van der Waals surface area (Å²) in [6, 6.07) is -1.94. The second-order valence-electron chi connectivity index (χ2n) is 13.9. The highest BCUT2D eigenvalue weighted by atomic mass is 31.1. The number of carbonyl (C=O) groups excluding carboxylic acids is 3. The first-order chi connectivity index (χ1) is 22.3. The third-order valence-electron chi connectivity index (χ3n) is 7.72. The number of hydrogen-bond acceptors (Lipinski definition) is 11. The summed E-state index contributed by atoms with van der Waals surface area (Å²) in [5.74, 6) is -2.82. The fraction of sp³-hybridized carbons (Fsp3) is 0.719. The zero-order valence-corrected chi connectivity index (χ0v) is 30.4. The molecule has 48 heavy (non-hydrogen) atoms. The number of nitrogens with zero attached hydrogens (tertiary/aromatic N) is 2. The van der Waals surface area contributed by atoms with E-state index in [-0.39, 0.29) is 44.0 Å². The minimum absolute atomic E-state index is 0.0748. The van der Waals surface area contributed by atoms with E-state index in [1.165, 1.54) is 6.20 Å². The number of esters is 2. The molecule has 0 aliphatic heterocycles. The second kappa shape index (κ2) is 17.8. The van der Waals surface area contributed by atoms with Crippen molar-refractivity contribution in [3.63, 3.8) is 0 Å². The van der Waals surface area contributed by atoms with Gasteiger partial charge in [-0.25, -0.2) is 18.8 Å². The van der Waals surface area contributed by atoms with Gasteiger partial charge in [-0.15, -0.1) is 4.52 Å². The van der Waals surface area contributed by atoms with Crippen molar-refractivity contribution < 1.29 is 42.1 Å². The smallest absolute Gasteiger partial charge is 0.464 e. The molecule has 1 unspecified atom stereocenters. The number of amides is 1. The van der Waals surface area contributed by atoms with Crippen molar-refractivity contribution in [2.45, 2.75) is 106 Å². The van der Waals surface area contributed by atoms with Crippen LogP contribution in [-0.2, 0) is 32.9 Å². The number of halogens is 1. The zero-order valence-electron chi connectivity index (χ0n) is 29.5. The minimum Gasteiger partial charge on any atom is -0.464 e. The number of nitrogens with two attached hydrogens (primary N) is 1. The average Bonchev–Trinajstić information content (AvgIpc) is 3.67. The van der Waals surface area contributed by atoms with Crippen LogP contribution >= 0.6 is 8.18 Å². The molecule has 14 nitrogen and oxygen atoms in total. The van der Waals surface area contributed by atoms with Crippen LogP contribution in [0, 0.1) is 29.0 Å². The van der Waals surface area contributed by atoms with E-state index in [1.807, 2.05) is 27.7 Å². The summed E-state index contributed by atoms with van der Waals surface area (Å²) in [7, 11) is -2.61. The molecular weight excluding hydrogens is 648 g/mol. The number of carbonyl (C=O) groups is 3. The molecule has 0 saturated heterocycles. The molecule has 4 N–H and O–H groups in total. The highest BCUT2D eigenvalue weighted by Crippen LogP contribution is 2.54. The van der Waals surface area contributed by atoms with Crippen LogP contribution in [0.15, 0.2) is 16.6 Å². The number of nitrogen functional groups attached to an aromatic ring is 1. The Labute approximate surface area is 282 Å². The summed E-state index contributed by atoms with van der Waals surface area (Å²) in [5.41, 5.74) is 3.23. The topological polar surface area (TPSA) is 190 Å². The third kappa shape index (κ3) is 12.9. The predicted molar refractivity (Wildman–Crippen MR) is 178 cm³/mol. The number of anilines is 1. The van der Waals surface area contributed by atoms with Crippen LogP contribution < -0.4 is 21.8 Å². The molecule has 1 aromatic rings. The molecule has 1 aliphatic carbocycles. The molecule has 0 bridgehead atoms. The number of hydrogen-bond donors (Lipinski definition) is 3. The first-order valence-electron chi connectivity index (χ1n) is 16.2. The van der Waals surface area contributed by atoms with E-state index < -0.39 is 66.6 Å². The molecule has 1 aliphatic rings. The Balaban J connectivity index is 2.24. The SMILES string of the molecule is CCC(CC)COC(=O)[C@H](CC(C)C)N[P+](=O)OC[C@@]1(COC(=O)[C@@H](NC(=O)OC(C)(C)C)C(C)C)C/C1=C/n1cc(F)c(N)nc1=O. The molecule has 2 rings (SSSR count). The van der Waals surface area contributed by atoms with Gasteiger partial charge in [-0.3, -0.25) is 9.36 Å². The molecule has 1 heterocycles. The summed E-state index contributed by atoms with van der Waals surface area (Å²) in [5, 5.41) is 5.26. The maximum Gasteiger partial charge on any atom is 0.613 e. The molecule has 16 heteroatoms. The van der Waals surface area contributed by atoms with Gasteiger partial charge in [0.15, 0.2) is 17.7 Å². The number of nitrogens with one attached hydrogen (secondary N) is 2. The highest BCUT2D eigenvalue weighted by Gasteiger charge is 2.53. The van der Waals surface area contributed by atoms with Crippen LogP contribution in [-0.4, -0.2) is 65.1 Å². The molecule has 4 atom stereocenters. The van der Waals surface area contributed by atoms with E-state index in [4.69, 9.17) is 24.5 Å². The lowest BCUT2D eigenvalue weighted by Gasteiger charge is -2.25. The van der Waals surface area contributed by atoms with E-state index in [0.29, 0.717) is 12.0 Å². The van der Waals surface area contributed by atoms with E-state index in [9.17, 15) is 28.1 Å². The van der Waals surface area contributed by atoms with Crippen LogP contribution in [0.25, 0.3) is 6.20 Å². The van der Waals surface area contributed by atoms with Crippen molar-refractivity contribution in [2.75, 3.05) is 25.6 Å². The van der Waals surface area contributed by atoms with Gasteiger partial charge in [0.25, 0.3) is 0 Å². The molecule has 1 fully saturated rings. The maximum atomic E-state index is 14.1. The Morgan fingerprint density at radius 2 is 1.77 bits per heavy atom. The summed E-state index contributed by atoms with van der Waals surface area (Å²) in [4.78, 5) is 54.3. The average molecular weight is 701 g/mol. The summed E-state index contributed by atoms with van der Waals surface area (Å²) in [6.07, 6.45) is 3.68. The molecule has 0 aromatic carbocycles.